The maximum atomic E-state index is 11.2. The minimum Gasteiger partial charge on any atom is -0.424 e. The van der Waals surface area contributed by atoms with E-state index in [1.54, 1.807) is 0 Å². The normalized spacial score (nSPS) is 62.0. The van der Waals surface area contributed by atoms with E-state index in [4.69, 9.17) is 18.9 Å². The van der Waals surface area contributed by atoms with Gasteiger partial charge in [-0.05, 0) is 19.3 Å². The Kier molecular flexibility index (Phi) is 1.50. The minimum atomic E-state index is -0.524. The highest BCUT2D eigenvalue weighted by Gasteiger charge is 2.71. The van der Waals surface area contributed by atoms with Crippen LogP contribution in [0.5, 0.6) is 0 Å². The van der Waals surface area contributed by atoms with Crippen LogP contribution in [-0.4, -0.2) is 42.8 Å². The van der Waals surface area contributed by atoms with Gasteiger partial charge in [-0.25, -0.2) is 4.79 Å². The first-order chi connectivity index (χ1) is 8.33. The van der Waals surface area contributed by atoms with E-state index in [2.05, 4.69) is 0 Å². The molecule has 8 atom stereocenters. The molecule has 4 bridgehead atoms. The molecule has 5 heterocycles. The Morgan fingerprint density at radius 1 is 0.824 bits per heavy atom. The Labute approximate surface area is 98.3 Å². The SMILES string of the molecule is O=C1OC2C(O1)C1OC2C2C3CCCC(O3)C12. The van der Waals surface area contributed by atoms with Gasteiger partial charge in [-0.3, -0.25) is 0 Å². The molecule has 0 radical (unpaired) electrons. The molecule has 92 valence electrons. The fourth-order valence-corrected chi connectivity index (χ4v) is 4.65. The van der Waals surface area contributed by atoms with Crippen LogP contribution in [0.15, 0.2) is 0 Å². The average molecular weight is 238 g/mol. The molecule has 5 aliphatic heterocycles. The first-order valence-corrected chi connectivity index (χ1v) is 6.51. The van der Waals surface area contributed by atoms with Crippen molar-refractivity contribution in [3.8, 4) is 0 Å². The number of carbonyl (C=O) groups excluding carboxylic acids is 1. The summed E-state index contributed by atoms with van der Waals surface area (Å²) in [6.45, 7) is 0. The lowest BCUT2D eigenvalue weighted by atomic mass is 9.74. The van der Waals surface area contributed by atoms with E-state index in [9.17, 15) is 4.79 Å². The van der Waals surface area contributed by atoms with Gasteiger partial charge in [-0.1, -0.05) is 0 Å². The van der Waals surface area contributed by atoms with Crippen LogP contribution >= 0.6 is 0 Å². The van der Waals surface area contributed by atoms with Crippen molar-refractivity contribution in [3.05, 3.63) is 0 Å². The fourth-order valence-electron chi connectivity index (χ4n) is 4.65. The minimum absolute atomic E-state index is 0.00884. The second-order valence-corrected chi connectivity index (χ2v) is 5.78. The van der Waals surface area contributed by atoms with Crippen LogP contribution in [0, 0.1) is 11.8 Å². The zero-order chi connectivity index (χ0) is 11.1. The number of hydrogen-bond acceptors (Lipinski definition) is 5. The maximum absolute atomic E-state index is 11.2. The number of ether oxygens (including phenoxy) is 4. The standard InChI is InChI=1S/C12H14O5/c13-12-16-10-8-6-4-2-1-3-5(14-4)7(6)9(15-8)11(10)17-12/h4-11H,1-3H2. The second kappa shape index (κ2) is 2.78. The lowest BCUT2D eigenvalue weighted by Crippen LogP contribution is -2.46. The van der Waals surface area contributed by atoms with Gasteiger partial charge in [0.2, 0.25) is 0 Å². The third kappa shape index (κ3) is 0.934. The van der Waals surface area contributed by atoms with Gasteiger partial charge >= 0.3 is 6.16 Å². The summed E-state index contributed by atoms with van der Waals surface area (Å²) in [6, 6.07) is 0. The smallest absolute Gasteiger partial charge is 0.424 e. The van der Waals surface area contributed by atoms with Crippen LogP contribution < -0.4 is 0 Å². The van der Waals surface area contributed by atoms with Crippen molar-refractivity contribution in [1.82, 2.24) is 0 Å². The van der Waals surface area contributed by atoms with E-state index < -0.39 is 6.16 Å². The van der Waals surface area contributed by atoms with Crippen molar-refractivity contribution in [2.45, 2.75) is 55.9 Å². The number of carbonyl (C=O) groups is 1. The third-order valence-corrected chi connectivity index (χ3v) is 5.14. The molecule has 5 aliphatic rings. The van der Waals surface area contributed by atoms with Gasteiger partial charge < -0.3 is 18.9 Å². The molecular formula is C12H14O5. The Morgan fingerprint density at radius 3 is 2.00 bits per heavy atom. The Bertz CT molecular complexity index is 364. The Morgan fingerprint density at radius 2 is 1.41 bits per heavy atom. The van der Waals surface area contributed by atoms with Crippen molar-refractivity contribution in [2.24, 2.45) is 11.8 Å². The van der Waals surface area contributed by atoms with Crippen LogP contribution in [0.2, 0.25) is 0 Å². The summed E-state index contributed by atoms with van der Waals surface area (Å²) in [4.78, 5) is 11.2. The molecule has 5 saturated heterocycles. The lowest BCUT2D eigenvalue weighted by molar-refractivity contribution is -0.0709. The van der Waals surface area contributed by atoms with Crippen LogP contribution in [0.25, 0.3) is 0 Å². The maximum Gasteiger partial charge on any atom is 0.509 e. The highest BCUT2D eigenvalue weighted by molar-refractivity contribution is 5.63. The predicted octanol–water partition coefficient (Wildman–Crippen LogP) is 0.855. The highest BCUT2D eigenvalue weighted by atomic mass is 16.8. The molecule has 0 aromatic rings. The topological polar surface area (TPSA) is 54.0 Å². The summed E-state index contributed by atoms with van der Waals surface area (Å²) in [6.07, 6.45) is 3.25. The van der Waals surface area contributed by atoms with Crippen LogP contribution in [0.1, 0.15) is 19.3 Å². The van der Waals surface area contributed by atoms with E-state index >= 15 is 0 Å². The van der Waals surface area contributed by atoms with Crippen LogP contribution in [0.4, 0.5) is 4.79 Å². The fraction of sp³-hybridized carbons (Fsp3) is 0.917. The van der Waals surface area contributed by atoms with E-state index in [-0.39, 0.29) is 24.4 Å². The molecule has 0 amide bonds. The first kappa shape index (κ1) is 9.16. The summed E-state index contributed by atoms with van der Waals surface area (Å²) in [5.74, 6) is 0.839. The van der Waals surface area contributed by atoms with Gasteiger partial charge in [0, 0.05) is 11.8 Å². The van der Waals surface area contributed by atoms with E-state index in [0.29, 0.717) is 24.0 Å². The zero-order valence-corrected chi connectivity index (χ0v) is 9.28. The quantitative estimate of drug-likeness (QED) is 0.586. The highest BCUT2D eigenvalue weighted by Crippen LogP contribution is 2.57. The van der Waals surface area contributed by atoms with Crippen LogP contribution in [0.3, 0.4) is 0 Å². The van der Waals surface area contributed by atoms with Crippen molar-refractivity contribution in [2.75, 3.05) is 0 Å². The van der Waals surface area contributed by atoms with Gasteiger partial charge in [-0.2, -0.15) is 0 Å². The van der Waals surface area contributed by atoms with Crippen molar-refractivity contribution in [3.63, 3.8) is 0 Å². The summed E-state index contributed by atoms with van der Waals surface area (Å²) in [5, 5.41) is 0. The molecule has 0 spiro atoms. The number of hydrogen-bond donors (Lipinski definition) is 0. The van der Waals surface area contributed by atoms with Gasteiger partial charge in [-0.15, -0.1) is 0 Å². The number of rotatable bonds is 0. The monoisotopic (exact) mass is 238 g/mol. The van der Waals surface area contributed by atoms with Gasteiger partial charge in [0.15, 0.2) is 12.2 Å². The zero-order valence-electron chi connectivity index (χ0n) is 9.28. The molecule has 0 aromatic heterocycles. The predicted molar refractivity (Wildman–Crippen MR) is 53.3 cm³/mol. The Hall–Kier alpha value is -0.810. The molecule has 0 N–H and O–H groups in total. The van der Waals surface area contributed by atoms with Crippen molar-refractivity contribution >= 4 is 6.16 Å². The van der Waals surface area contributed by atoms with E-state index in [1.165, 1.54) is 6.42 Å². The number of fused-ring (bicyclic) bond motifs is 12. The molecule has 8 unspecified atom stereocenters. The molecule has 5 fully saturated rings. The Balaban J connectivity index is 1.56. The molecule has 0 aliphatic carbocycles. The molecule has 5 heteroatoms. The van der Waals surface area contributed by atoms with Crippen molar-refractivity contribution < 1.29 is 23.7 Å². The average Bonchev–Trinajstić information content (AvgIpc) is 2.99. The largest absolute Gasteiger partial charge is 0.509 e. The summed E-state index contributed by atoms with van der Waals surface area (Å²) in [5.41, 5.74) is 0. The summed E-state index contributed by atoms with van der Waals surface area (Å²) >= 11 is 0. The first-order valence-electron chi connectivity index (χ1n) is 6.51. The molecule has 17 heavy (non-hydrogen) atoms. The lowest BCUT2D eigenvalue weighted by Gasteiger charge is -2.28. The van der Waals surface area contributed by atoms with E-state index in [0.717, 1.165) is 12.8 Å². The van der Waals surface area contributed by atoms with Gasteiger partial charge in [0.05, 0.1) is 12.2 Å². The van der Waals surface area contributed by atoms with Gasteiger partial charge in [0.1, 0.15) is 12.2 Å². The second-order valence-electron chi connectivity index (χ2n) is 5.78. The third-order valence-electron chi connectivity index (χ3n) is 5.14. The summed E-state index contributed by atoms with van der Waals surface area (Å²) in [7, 11) is 0. The summed E-state index contributed by atoms with van der Waals surface area (Å²) < 4.78 is 22.5. The van der Waals surface area contributed by atoms with Crippen LogP contribution in [-0.2, 0) is 18.9 Å². The molecular weight excluding hydrogens is 224 g/mol. The molecule has 0 aromatic carbocycles. The molecule has 5 nitrogen and oxygen atoms in total. The van der Waals surface area contributed by atoms with E-state index in [1.807, 2.05) is 0 Å². The molecule has 5 rings (SSSR count). The molecule has 0 saturated carbocycles. The van der Waals surface area contributed by atoms with Crippen molar-refractivity contribution in [1.29, 1.82) is 0 Å². The van der Waals surface area contributed by atoms with Gasteiger partial charge in [0.25, 0.3) is 0 Å².